The summed E-state index contributed by atoms with van der Waals surface area (Å²) in [5, 5.41) is 35.8. The van der Waals surface area contributed by atoms with Crippen LogP contribution < -0.4 is 16.1 Å². The molecule has 3 amide bonds. The number of aromatic amines is 1. The summed E-state index contributed by atoms with van der Waals surface area (Å²) in [6, 6.07) is 4.35. The Kier molecular flexibility index (Phi) is 10.0. The topological polar surface area (TPSA) is 212 Å². The van der Waals surface area contributed by atoms with Gasteiger partial charge in [-0.3, -0.25) is 24.1 Å². The van der Waals surface area contributed by atoms with E-state index in [1.165, 1.54) is 64.7 Å². The van der Waals surface area contributed by atoms with Crippen molar-refractivity contribution in [2.45, 2.75) is 29.5 Å². The number of tetrazole rings is 1. The van der Waals surface area contributed by atoms with Crippen LogP contribution in [0, 0.1) is 6.92 Å². The number of hydrogen-bond donors (Lipinski definition) is 5. The Morgan fingerprint density at radius 1 is 1.23 bits per heavy atom. The Balaban J connectivity index is 0.00000423. The number of H-pyrrole nitrogens is 1. The van der Waals surface area contributed by atoms with Gasteiger partial charge in [-0.05, 0) is 40.6 Å². The van der Waals surface area contributed by atoms with Crippen LogP contribution in [0.3, 0.4) is 0 Å². The van der Waals surface area contributed by atoms with Gasteiger partial charge in [0.1, 0.15) is 34.5 Å². The number of nitrogens with zero attached hydrogens (tertiary/aromatic N) is 5. The third-order valence-electron chi connectivity index (χ3n) is 6.57. The smallest absolute Gasteiger partial charge is 0.352 e. The van der Waals surface area contributed by atoms with Gasteiger partial charge in [0.15, 0.2) is 5.43 Å². The number of pyridine rings is 1. The maximum Gasteiger partial charge on any atom is 0.352 e. The predicted octanol–water partition coefficient (Wildman–Crippen LogP) is -0.466. The van der Waals surface area contributed by atoms with E-state index in [0.717, 1.165) is 4.90 Å². The van der Waals surface area contributed by atoms with Crippen molar-refractivity contribution in [1.29, 1.82) is 0 Å². The van der Waals surface area contributed by atoms with Crippen molar-refractivity contribution in [3.63, 3.8) is 0 Å². The summed E-state index contributed by atoms with van der Waals surface area (Å²) in [4.78, 5) is 68.1. The third-order valence-corrected chi connectivity index (χ3v) is 9.01. The van der Waals surface area contributed by atoms with E-state index in [2.05, 4.69) is 31.1 Å². The number of hydrogen-bond acceptors (Lipinski definition) is 11. The number of aromatic nitrogens is 5. The Hall–Kier alpha value is -3.64. The molecule has 2 aliphatic heterocycles. The molecular formula is C25H24N8NaO7S2. The van der Waals surface area contributed by atoms with Gasteiger partial charge in [-0.15, -0.1) is 16.9 Å². The van der Waals surface area contributed by atoms with Crippen LogP contribution in [0.5, 0.6) is 5.75 Å². The summed E-state index contributed by atoms with van der Waals surface area (Å²) in [5.74, 6) is -3.02. The molecular weight excluding hydrogens is 611 g/mol. The minimum Gasteiger partial charge on any atom is -0.508 e. The number of aliphatic carboxylic acids is 1. The van der Waals surface area contributed by atoms with Crippen molar-refractivity contribution in [3.05, 3.63) is 74.8 Å². The molecule has 0 spiro atoms. The number of rotatable bonds is 9. The third kappa shape index (κ3) is 6.65. The number of carboxylic acid groups (broad SMARTS) is 1. The quantitative estimate of drug-likeness (QED) is 0.115. The minimum absolute atomic E-state index is 0. The SMILES string of the molecule is Cc1cc(=O)c(C(=O)N[C@@H](C(=O)N[C@@H]2C(=O)N3C(C(=O)O)=C(CSc4nnnn4C)CS[C@H]23)c2ccc(O)cc2)c[nH]1.[Na]. The molecule has 1 radical (unpaired) electrons. The molecule has 3 aromatic rings. The van der Waals surface area contributed by atoms with Crippen molar-refractivity contribution in [2.24, 2.45) is 7.05 Å². The molecule has 5 rings (SSSR count). The second-order valence-corrected chi connectivity index (χ2v) is 11.5. The van der Waals surface area contributed by atoms with E-state index in [4.69, 9.17) is 0 Å². The molecule has 1 fully saturated rings. The molecule has 3 atom stereocenters. The fourth-order valence-electron chi connectivity index (χ4n) is 4.45. The van der Waals surface area contributed by atoms with E-state index < -0.39 is 46.6 Å². The van der Waals surface area contributed by atoms with Gasteiger partial charge in [-0.25, -0.2) is 9.48 Å². The van der Waals surface area contributed by atoms with Gasteiger partial charge in [0.25, 0.3) is 11.8 Å². The van der Waals surface area contributed by atoms with E-state index in [9.17, 15) is 34.2 Å². The molecule has 0 bridgehead atoms. The van der Waals surface area contributed by atoms with E-state index in [1.54, 1.807) is 14.0 Å². The van der Waals surface area contributed by atoms with Crippen molar-refractivity contribution in [3.8, 4) is 5.75 Å². The van der Waals surface area contributed by atoms with E-state index in [0.29, 0.717) is 16.4 Å². The van der Waals surface area contributed by atoms with Crippen molar-refractivity contribution >= 4 is 76.8 Å². The van der Waals surface area contributed by atoms with Gasteiger partial charge < -0.3 is 25.8 Å². The number of benzene rings is 1. The van der Waals surface area contributed by atoms with Gasteiger partial charge >= 0.3 is 5.97 Å². The zero-order chi connectivity index (χ0) is 30.1. The molecule has 0 unspecified atom stereocenters. The van der Waals surface area contributed by atoms with Gasteiger partial charge in [-0.2, -0.15) is 0 Å². The molecule has 15 nitrogen and oxygen atoms in total. The van der Waals surface area contributed by atoms with Crippen LogP contribution >= 0.6 is 23.5 Å². The standard InChI is InChI=1S/C25H24N8O7S2.Na/c1-11-7-16(35)15(8-26-11)20(36)27-17(12-3-5-14(34)6-4-12)21(37)28-18-22(38)33-19(24(39)40)13(9-41-23(18)33)10-42-25-29-30-31-32(25)2;/h3-8,17-18,23,34H,9-10H2,1-2H3,(H,26,35)(H,27,36)(H,28,37)(H,39,40);/t17-,18-,23-;/m1./s1. The van der Waals surface area contributed by atoms with Crippen molar-refractivity contribution in [1.82, 2.24) is 40.7 Å². The van der Waals surface area contributed by atoms with Gasteiger partial charge in [0.05, 0.1) is 0 Å². The first-order valence-corrected chi connectivity index (χ1v) is 14.4. The molecule has 2 aliphatic rings. The number of amides is 3. The molecule has 0 saturated carbocycles. The average Bonchev–Trinajstić information content (AvgIpc) is 3.37. The largest absolute Gasteiger partial charge is 0.508 e. The molecule has 1 saturated heterocycles. The second kappa shape index (κ2) is 13.3. The van der Waals surface area contributed by atoms with Crippen molar-refractivity contribution in [2.75, 3.05) is 11.5 Å². The number of carbonyl (C=O) groups excluding carboxylic acids is 3. The molecule has 18 heteroatoms. The minimum atomic E-state index is -1.34. The maximum absolute atomic E-state index is 13.5. The van der Waals surface area contributed by atoms with Crippen LogP contribution in [-0.2, 0) is 21.4 Å². The fraction of sp³-hybridized carbons (Fsp3) is 0.280. The van der Waals surface area contributed by atoms with Crippen molar-refractivity contribution < 1.29 is 29.4 Å². The van der Waals surface area contributed by atoms with E-state index in [1.807, 2.05) is 0 Å². The molecule has 0 aliphatic carbocycles. The predicted molar refractivity (Wildman–Crippen MR) is 155 cm³/mol. The normalized spacial score (nSPS) is 18.2. The molecule has 43 heavy (non-hydrogen) atoms. The monoisotopic (exact) mass is 635 g/mol. The number of phenolic OH excluding ortho intramolecular Hbond substituents is 1. The molecule has 4 heterocycles. The zero-order valence-corrected chi connectivity index (χ0v) is 26.7. The summed E-state index contributed by atoms with van der Waals surface area (Å²) in [6.45, 7) is 1.65. The Morgan fingerprint density at radius 2 is 1.95 bits per heavy atom. The Morgan fingerprint density at radius 3 is 2.58 bits per heavy atom. The molecule has 1 aromatic carbocycles. The summed E-state index contributed by atoms with van der Waals surface area (Å²) in [7, 11) is 1.65. The number of β-lactam (4-membered cyclic amide) rings is 1. The summed E-state index contributed by atoms with van der Waals surface area (Å²) < 4.78 is 1.45. The Labute approximate surface area is 274 Å². The number of carboxylic acids is 1. The molecule has 5 N–H and O–H groups in total. The fourth-order valence-corrected chi connectivity index (χ4v) is 6.79. The maximum atomic E-state index is 13.5. The van der Waals surface area contributed by atoms with Crippen LogP contribution in [0.15, 0.2) is 57.7 Å². The number of nitrogens with one attached hydrogen (secondary N) is 3. The number of thioether (sulfide) groups is 2. The molecule has 2 aromatic heterocycles. The van der Waals surface area contributed by atoms with Gasteiger partial charge in [-0.1, -0.05) is 23.9 Å². The van der Waals surface area contributed by atoms with Gasteiger partial charge in [0.2, 0.25) is 11.1 Å². The van der Waals surface area contributed by atoms with Crippen LogP contribution in [0.25, 0.3) is 0 Å². The number of aromatic hydroxyl groups is 1. The zero-order valence-electron chi connectivity index (χ0n) is 23.1. The Bertz CT molecular complexity index is 1680. The number of phenols is 1. The van der Waals surface area contributed by atoms with Crippen LogP contribution in [0.2, 0.25) is 0 Å². The van der Waals surface area contributed by atoms with Crippen LogP contribution in [0.4, 0.5) is 0 Å². The summed E-state index contributed by atoms with van der Waals surface area (Å²) in [5.41, 5.74) is 0.417. The molecule has 219 valence electrons. The first-order chi connectivity index (χ1) is 20.0. The first-order valence-electron chi connectivity index (χ1n) is 12.4. The van der Waals surface area contributed by atoms with E-state index >= 15 is 0 Å². The number of carbonyl (C=O) groups is 4. The summed E-state index contributed by atoms with van der Waals surface area (Å²) >= 11 is 2.52. The van der Waals surface area contributed by atoms with Gasteiger partial charge in [0, 0.05) is 66.1 Å². The number of fused-ring (bicyclic) bond motifs is 1. The average molecular weight is 636 g/mol. The second-order valence-electron chi connectivity index (χ2n) is 9.42. The summed E-state index contributed by atoms with van der Waals surface area (Å²) in [6.07, 6.45) is 1.24. The van der Waals surface area contributed by atoms with E-state index in [-0.39, 0.29) is 63.6 Å². The van der Waals surface area contributed by atoms with Crippen LogP contribution in [-0.4, -0.2) is 116 Å². The number of aryl methyl sites for hydroxylation is 2. The first kappa shape index (κ1) is 32.3. The van der Waals surface area contributed by atoms with Crippen LogP contribution in [0.1, 0.15) is 27.7 Å².